The topological polar surface area (TPSA) is 93.1 Å². The zero-order chi connectivity index (χ0) is 36.1. The molecule has 0 aliphatic heterocycles. The SMILES string of the molecule is CCOC(=O)CCc1ccccc1OC(C(=O)OCC)C(C)CCCCCCOc1cc(Br)cc(-c2c(C(F)(F)F)cc(C)n(C)c2=O)c1. The molecule has 12 heteroatoms. The molecule has 49 heavy (non-hydrogen) atoms. The second kappa shape index (κ2) is 18.8. The number of carbonyl (C=O) groups is 2. The molecule has 0 fully saturated rings. The van der Waals surface area contributed by atoms with Gasteiger partial charge in [0.1, 0.15) is 11.5 Å². The van der Waals surface area contributed by atoms with Crippen molar-refractivity contribution in [2.45, 2.75) is 84.9 Å². The lowest BCUT2D eigenvalue weighted by molar-refractivity contribution is -0.154. The molecule has 0 aliphatic rings. The summed E-state index contributed by atoms with van der Waals surface area (Å²) in [6.07, 6.45) is -0.994. The van der Waals surface area contributed by atoms with E-state index in [1.165, 1.54) is 30.7 Å². The van der Waals surface area contributed by atoms with Crippen LogP contribution in [0.15, 0.2) is 57.8 Å². The Morgan fingerprint density at radius 2 is 1.65 bits per heavy atom. The number of carbonyl (C=O) groups excluding carboxylic acids is 2. The zero-order valence-electron chi connectivity index (χ0n) is 28.7. The normalized spacial score (nSPS) is 12.7. The lowest BCUT2D eigenvalue weighted by atomic mass is 9.96. The molecule has 0 saturated heterocycles. The molecule has 0 aliphatic carbocycles. The van der Waals surface area contributed by atoms with Crippen LogP contribution in [-0.4, -0.2) is 42.4 Å². The maximum Gasteiger partial charge on any atom is 0.417 e. The number of esters is 2. The standard InChI is InChI=1S/C37H45BrF3NO7/c1-6-46-32(43)18-17-26-15-11-12-16-31(26)49-34(36(45)47-7-2)24(3)14-10-8-9-13-19-48-29-22-27(21-28(38)23-29)33-30(37(39,40)41)20-25(4)42(5)35(33)44/h11-12,15-16,20-24,34H,6-10,13-14,17-19H2,1-5H3. The molecule has 2 atom stereocenters. The minimum atomic E-state index is -4.70. The van der Waals surface area contributed by atoms with Gasteiger partial charge < -0.3 is 23.5 Å². The van der Waals surface area contributed by atoms with E-state index in [-0.39, 0.29) is 36.2 Å². The van der Waals surface area contributed by atoms with E-state index in [0.29, 0.717) is 48.4 Å². The summed E-state index contributed by atoms with van der Waals surface area (Å²) in [5.74, 6) is -0.00619. The molecule has 1 heterocycles. The average Bonchev–Trinajstić information content (AvgIpc) is 3.04. The predicted octanol–water partition coefficient (Wildman–Crippen LogP) is 8.61. The average molecular weight is 753 g/mol. The zero-order valence-corrected chi connectivity index (χ0v) is 30.2. The summed E-state index contributed by atoms with van der Waals surface area (Å²) < 4.78 is 65.9. The van der Waals surface area contributed by atoms with Crippen molar-refractivity contribution in [3.63, 3.8) is 0 Å². The second-order valence-electron chi connectivity index (χ2n) is 11.8. The number of hydrogen-bond donors (Lipinski definition) is 0. The van der Waals surface area contributed by atoms with Crippen molar-refractivity contribution >= 4 is 27.9 Å². The van der Waals surface area contributed by atoms with Gasteiger partial charge in [0.05, 0.1) is 30.9 Å². The van der Waals surface area contributed by atoms with E-state index in [9.17, 15) is 27.6 Å². The molecule has 0 amide bonds. The number of hydrogen-bond acceptors (Lipinski definition) is 7. The number of aryl methyl sites for hydroxylation is 2. The van der Waals surface area contributed by atoms with E-state index in [0.717, 1.165) is 30.9 Å². The van der Waals surface area contributed by atoms with Crippen LogP contribution in [0.4, 0.5) is 13.2 Å². The number of halogens is 4. The van der Waals surface area contributed by atoms with Crippen LogP contribution in [-0.2, 0) is 38.7 Å². The van der Waals surface area contributed by atoms with Crippen molar-refractivity contribution in [1.82, 2.24) is 4.57 Å². The predicted molar refractivity (Wildman–Crippen MR) is 185 cm³/mol. The highest BCUT2D eigenvalue weighted by atomic mass is 79.9. The molecule has 0 bridgehead atoms. The third-order valence-corrected chi connectivity index (χ3v) is 8.58. The minimum absolute atomic E-state index is 0.117. The summed E-state index contributed by atoms with van der Waals surface area (Å²) in [5.41, 5.74) is -1.02. The number of ether oxygens (including phenoxy) is 4. The Bertz CT molecular complexity index is 1620. The van der Waals surface area contributed by atoms with E-state index in [4.69, 9.17) is 18.9 Å². The van der Waals surface area contributed by atoms with Gasteiger partial charge in [0, 0.05) is 29.6 Å². The van der Waals surface area contributed by atoms with E-state index >= 15 is 0 Å². The van der Waals surface area contributed by atoms with Gasteiger partial charge in [-0.1, -0.05) is 60.3 Å². The Labute approximate surface area is 294 Å². The van der Waals surface area contributed by atoms with Crippen LogP contribution in [0.3, 0.4) is 0 Å². The van der Waals surface area contributed by atoms with Gasteiger partial charge in [-0.15, -0.1) is 0 Å². The Hall–Kier alpha value is -3.80. The van der Waals surface area contributed by atoms with Gasteiger partial charge in [0.25, 0.3) is 5.56 Å². The van der Waals surface area contributed by atoms with Crippen molar-refractivity contribution in [3.8, 4) is 22.6 Å². The van der Waals surface area contributed by atoms with Gasteiger partial charge in [-0.2, -0.15) is 13.2 Å². The van der Waals surface area contributed by atoms with Crippen LogP contribution in [0.25, 0.3) is 11.1 Å². The number of pyridine rings is 1. The quantitative estimate of drug-likeness (QED) is 0.0950. The van der Waals surface area contributed by atoms with Crippen LogP contribution >= 0.6 is 15.9 Å². The van der Waals surface area contributed by atoms with E-state index in [1.807, 2.05) is 25.1 Å². The van der Waals surface area contributed by atoms with E-state index in [2.05, 4.69) is 15.9 Å². The fourth-order valence-electron chi connectivity index (χ4n) is 5.43. The van der Waals surface area contributed by atoms with E-state index in [1.54, 1.807) is 26.0 Å². The first-order valence-electron chi connectivity index (χ1n) is 16.5. The molecule has 1 aromatic heterocycles. The molecule has 3 aromatic rings. The van der Waals surface area contributed by atoms with Crippen molar-refractivity contribution < 1.29 is 41.7 Å². The maximum absolute atomic E-state index is 13.9. The molecule has 0 spiro atoms. The van der Waals surface area contributed by atoms with Crippen molar-refractivity contribution in [2.24, 2.45) is 13.0 Å². The first-order chi connectivity index (χ1) is 23.3. The summed E-state index contributed by atoms with van der Waals surface area (Å²) in [6, 6.07) is 12.9. The molecule has 2 unspecified atom stereocenters. The fourth-order valence-corrected chi connectivity index (χ4v) is 5.90. The summed E-state index contributed by atoms with van der Waals surface area (Å²) in [7, 11) is 1.44. The number of alkyl halides is 3. The third-order valence-electron chi connectivity index (χ3n) is 8.12. The van der Waals surface area contributed by atoms with Gasteiger partial charge in [-0.05, 0) is 81.5 Å². The summed E-state index contributed by atoms with van der Waals surface area (Å²) in [6.45, 7) is 7.77. The van der Waals surface area contributed by atoms with Gasteiger partial charge in [-0.25, -0.2) is 4.79 Å². The molecule has 2 aromatic carbocycles. The Morgan fingerprint density at radius 3 is 2.35 bits per heavy atom. The van der Waals surface area contributed by atoms with Crippen LogP contribution in [0.5, 0.6) is 11.5 Å². The highest BCUT2D eigenvalue weighted by Gasteiger charge is 2.36. The number of unbranched alkanes of at least 4 members (excludes halogenated alkanes) is 3. The Balaban J connectivity index is 1.56. The number of aromatic nitrogens is 1. The summed E-state index contributed by atoms with van der Waals surface area (Å²) in [4.78, 5) is 37.7. The van der Waals surface area contributed by atoms with Crippen molar-refractivity contribution in [3.05, 3.63) is 80.2 Å². The largest absolute Gasteiger partial charge is 0.494 e. The number of nitrogens with zero attached hydrogens (tertiary/aromatic N) is 1. The smallest absolute Gasteiger partial charge is 0.417 e. The number of para-hydroxylation sites is 1. The van der Waals surface area contributed by atoms with Crippen LogP contribution in [0.2, 0.25) is 0 Å². The van der Waals surface area contributed by atoms with Gasteiger partial charge in [0.15, 0.2) is 6.10 Å². The van der Waals surface area contributed by atoms with Crippen LogP contribution < -0.4 is 15.0 Å². The highest BCUT2D eigenvalue weighted by Crippen LogP contribution is 2.38. The number of rotatable bonds is 18. The summed E-state index contributed by atoms with van der Waals surface area (Å²) >= 11 is 3.34. The molecule has 0 N–H and O–H groups in total. The second-order valence-corrected chi connectivity index (χ2v) is 12.8. The van der Waals surface area contributed by atoms with Crippen molar-refractivity contribution in [1.29, 1.82) is 0 Å². The highest BCUT2D eigenvalue weighted by molar-refractivity contribution is 9.10. The monoisotopic (exact) mass is 751 g/mol. The van der Waals surface area contributed by atoms with Crippen LogP contribution in [0, 0.1) is 12.8 Å². The Kier molecular flexibility index (Phi) is 15.2. The lowest BCUT2D eigenvalue weighted by Crippen LogP contribution is -2.36. The van der Waals surface area contributed by atoms with Gasteiger partial charge >= 0.3 is 18.1 Å². The van der Waals surface area contributed by atoms with Gasteiger partial charge in [-0.3, -0.25) is 9.59 Å². The molecular weight excluding hydrogens is 707 g/mol. The minimum Gasteiger partial charge on any atom is -0.494 e. The molecule has 268 valence electrons. The maximum atomic E-state index is 13.9. The molecule has 0 radical (unpaired) electrons. The van der Waals surface area contributed by atoms with Crippen molar-refractivity contribution in [2.75, 3.05) is 19.8 Å². The first kappa shape index (κ1) is 39.6. The molecule has 3 rings (SSSR count). The van der Waals surface area contributed by atoms with Crippen LogP contribution in [0.1, 0.15) is 76.1 Å². The van der Waals surface area contributed by atoms with Gasteiger partial charge in [0.2, 0.25) is 0 Å². The molecular formula is C37H45BrF3NO7. The molecule has 0 saturated carbocycles. The third kappa shape index (κ3) is 11.6. The lowest BCUT2D eigenvalue weighted by Gasteiger charge is -2.25. The summed E-state index contributed by atoms with van der Waals surface area (Å²) in [5, 5.41) is 0. The first-order valence-corrected chi connectivity index (χ1v) is 17.3. The molecule has 8 nitrogen and oxygen atoms in total. The Morgan fingerprint density at radius 1 is 0.959 bits per heavy atom. The fraction of sp³-hybridized carbons (Fsp3) is 0.486. The number of benzene rings is 2. The van der Waals surface area contributed by atoms with E-state index < -0.39 is 34.9 Å².